The predicted octanol–water partition coefficient (Wildman–Crippen LogP) is 4.87. The first kappa shape index (κ1) is 22.4. The highest BCUT2D eigenvalue weighted by molar-refractivity contribution is 5.77. The largest absolute Gasteiger partial charge is 0.508 e. The van der Waals surface area contributed by atoms with Crippen molar-refractivity contribution in [2.75, 3.05) is 0 Å². The van der Waals surface area contributed by atoms with Crippen LogP contribution in [0.1, 0.15) is 88.2 Å². The zero-order valence-electron chi connectivity index (χ0n) is 17.7. The quantitative estimate of drug-likeness (QED) is 0.277. The number of phenols is 2. The molecule has 0 atom stereocenters. The van der Waals surface area contributed by atoms with Gasteiger partial charge in [-0.1, -0.05) is 19.3 Å². The van der Waals surface area contributed by atoms with Crippen molar-refractivity contribution in [2.24, 2.45) is 5.41 Å². The number of rotatable bonds is 15. The van der Waals surface area contributed by atoms with Gasteiger partial charge in [0.05, 0.1) is 5.41 Å². The van der Waals surface area contributed by atoms with Crippen LogP contribution in [0.5, 0.6) is 11.5 Å². The minimum absolute atomic E-state index is 0.130. The molecule has 0 bridgehead atoms. The maximum absolute atomic E-state index is 11.2. The van der Waals surface area contributed by atoms with Gasteiger partial charge in [-0.05, 0) is 87.8 Å². The van der Waals surface area contributed by atoms with Gasteiger partial charge in [-0.2, -0.15) is 0 Å². The van der Waals surface area contributed by atoms with Crippen molar-refractivity contribution < 1.29 is 29.6 Å². The first-order chi connectivity index (χ1) is 14.4. The lowest BCUT2D eigenvalue weighted by Crippen LogP contribution is -2.14. The van der Waals surface area contributed by atoms with Crippen LogP contribution >= 0.6 is 0 Å². The number of carboxylic acid groups (broad SMARTS) is 1. The van der Waals surface area contributed by atoms with Gasteiger partial charge in [0.2, 0.25) is 0 Å². The molecule has 2 saturated carbocycles. The molecule has 0 aliphatic heterocycles. The van der Waals surface area contributed by atoms with E-state index in [1.165, 1.54) is 6.07 Å². The Hall–Kier alpha value is -2.24. The Kier molecular flexibility index (Phi) is 7.27. The third-order valence-electron chi connectivity index (χ3n) is 6.87. The van der Waals surface area contributed by atoms with E-state index in [9.17, 15) is 24.9 Å². The number of benzene rings is 1. The number of phenolic OH excluding ortho intramolecular Hbond substituents is 2. The standard InChI is InChI=1S/C24H34O6/c25-17-30-24(13-14-24)10-6-4-8-19-15-18(20(26)16-21(19)27)7-3-1-2-5-9-23(11-12-23)22(28)29/h15-17,26-27H,1-14H2,(H,28,29). The number of hydrogen-bond donors (Lipinski definition) is 3. The van der Waals surface area contributed by atoms with Crippen LogP contribution in [-0.4, -0.2) is 33.4 Å². The first-order valence-corrected chi connectivity index (χ1v) is 11.3. The van der Waals surface area contributed by atoms with Crippen LogP contribution in [-0.2, 0) is 27.2 Å². The molecule has 2 fully saturated rings. The molecule has 2 aliphatic carbocycles. The topological polar surface area (TPSA) is 104 Å². The number of aryl methyl sites for hydroxylation is 2. The lowest BCUT2D eigenvalue weighted by Gasteiger charge is -2.13. The molecule has 0 unspecified atom stereocenters. The summed E-state index contributed by atoms with van der Waals surface area (Å²) in [6.07, 6.45) is 12.3. The fourth-order valence-corrected chi connectivity index (χ4v) is 4.36. The van der Waals surface area contributed by atoms with Gasteiger partial charge in [0, 0.05) is 6.07 Å². The number of hydrogen-bond acceptors (Lipinski definition) is 5. The van der Waals surface area contributed by atoms with E-state index in [1.807, 2.05) is 6.07 Å². The summed E-state index contributed by atoms with van der Waals surface area (Å²) in [5.41, 5.74) is 1.05. The Bertz CT molecular complexity index is 748. The number of aliphatic carboxylic acids is 1. The normalized spacial score (nSPS) is 18.0. The number of ether oxygens (including phenoxy) is 1. The van der Waals surface area contributed by atoms with Crippen LogP contribution in [0.2, 0.25) is 0 Å². The molecule has 3 rings (SSSR count). The van der Waals surface area contributed by atoms with Crippen molar-refractivity contribution in [1.82, 2.24) is 0 Å². The average molecular weight is 419 g/mol. The van der Waals surface area contributed by atoms with E-state index in [0.717, 1.165) is 101 Å². The second-order valence-corrected chi connectivity index (χ2v) is 9.21. The molecule has 1 aromatic carbocycles. The molecule has 0 amide bonds. The average Bonchev–Trinajstić information content (AvgIpc) is 3.62. The molecular formula is C24H34O6. The minimum Gasteiger partial charge on any atom is -0.508 e. The number of carbonyl (C=O) groups is 2. The smallest absolute Gasteiger partial charge is 0.309 e. The summed E-state index contributed by atoms with van der Waals surface area (Å²) < 4.78 is 5.17. The number of aromatic hydroxyl groups is 2. The van der Waals surface area contributed by atoms with Crippen molar-refractivity contribution in [1.29, 1.82) is 0 Å². The summed E-state index contributed by atoms with van der Waals surface area (Å²) in [6, 6.07) is 3.34. The molecule has 0 radical (unpaired) electrons. The van der Waals surface area contributed by atoms with E-state index >= 15 is 0 Å². The molecule has 3 N–H and O–H groups in total. The van der Waals surface area contributed by atoms with Gasteiger partial charge in [0.25, 0.3) is 6.47 Å². The van der Waals surface area contributed by atoms with Gasteiger partial charge < -0.3 is 20.1 Å². The monoisotopic (exact) mass is 418 g/mol. The van der Waals surface area contributed by atoms with E-state index in [0.29, 0.717) is 6.47 Å². The van der Waals surface area contributed by atoms with Crippen molar-refractivity contribution in [2.45, 2.75) is 95.5 Å². The van der Waals surface area contributed by atoms with Crippen LogP contribution in [0.25, 0.3) is 0 Å². The Labute approximate surface area is 178 Å². The SMILES string of the molecule is O=COC1(CCCCc2cc(CCCCCCC3(C(=O)O)CC3)c(O)cc2O)CC1. The lowest BCUT2D eigenvalue weighted by molar-refractivity contribution is -0.143. The minimum atomic E-state index is -0.646. The predicted molar refractivity (Wildman–Crippen MR) is 113 cm³/mol. The number of carboxylic acids is 1. The molecule has 0 saturated heterocycles. The van der Waals surface area contributed by atoms with E-state index in [2.05, 4.69) is 0 Å². The summed E-state index contributed by atoms with van der Waals surface area (Å²) >= 11 is 0. The zero-order valence-corrected chi connectivity index (χ0v) is 17.7. The highest BCUT2D eigenvalue weighted by Gasteiger charge is 2.49. The number of unbranched alkanes of at least 4 members (excludes halogenated alkanes) is 4. The van der Waals surface area contributed by atoms with Gasteiger partial charge in [0.1, 0.15) is 17.1 Å². The molecule has 6 heteroatoms. The summed E-state index contributed by atoms with van der Waals surface area (Å²) in [5, 5.41) is 29.5. The van der Waals surface area contributed by atoms with E-state index in [-0.39, 0.29) is 17.1 Å². The zero-order chi connectivity index (χ0) is 21.6. The maximum atomic E-state index is 11.2. The summed E-state index contributed by atoms with van der Waals surface area (Å²) in [6.45, 7) is 0.543. The molecule has 6 nitrogen and oxygen atoms in total. The van der Waals surface area contributed by atoms with Gasteiger partial charge in [0.15, 0.2) is 0 Å². The molecule has 0 spiro atoms. The Morgan fingerprint density at radius 3 is 1.97 bits per heavy atom. The fraction of sp³-hybridized carbons (Fsp3) is 0.667. The van der Waals surface area contributed by atoms with Crippen LogP contribution in [0.4, 0.5) is 0 Å². The summed E-state index contributed by atoms with van der Waals surface area (Å²) in [4.78, 5) is 21.7. The second kappa shape index (κ2) is 9.71. The molecule has 1 aromatic rings. The van der Waals surface area contributed by atoms with Crippen LogP contribution in [0.15, 0.2) is 12.1 Å². The van der Waals surface area contributed by atoms with Gasteiger partial charge in [-0.3, -0.25) is 9.59 Å². The number of carbonyl (C=O) groups excluding carboxylic acids is 1. The van der Waals surface area contributed by atoms with Gasteiger partial charge >= 0.3 is 5.97 Å². The summed E-state index contributed by atoms with van der Waals surface area (Å²) in [5.74, 6) is -0.382. The first-order valence-electron chi connectivity index (χ1n) is 11.3. The van der Waals surface area contributed by atoms with Crippen LogP contribution in [0, 0.1) is 5.41 Å². The van der Waals surface area contributed by atoms with Crippen molar-refractivity contribution in [3.8, 4) is 11.5 Å². The van der Waals surface area contributed by atoms with Crippen molar-refractivity contribution in [3.63, 3.8) is 0 Å². The van der Waals surface area contributed by atoms with E-state index in [4.69, 9.17) is 4.74 Å². The maximum Gasteiger partial charge on any atom is 0.309 e. The van der Waals surface area contributed by atoms with Crippen LogP contribution in [0.3, 0.4) is 0 Å². The highest BCUT2D eigenvalue weighted by atomic mass is 16.5. The fourth-order valence-electron chi connectivity index (χ4n) is 4.36. The Morgan fingerprint density at radius 1 is 0.867 bits per heavy atom. The molecule has 30 heavy (non-hydrogen) atoms. The van der Waals surface area contributed by atoms with Gasteiger partial charge in [-0.15, -0.1) is 0 Å². The van der Waals surface area contributed by atoms with E-state index < -0.39 is 11.4 Å². The molecule has 2 aliphatic rings. The van der Waals surface area contributed by atoms with Crippen molar-refractivity contribution >= 4 is 12.4 Å². The van der Waals surface area contributed by atoms with Gasteiger partial charge in [-0.25, -0.2) is 0 Å². The van der Waals surface area contributed by atoms with E-state index in [1.54, 1.807) is 0 Å². The molecular weight excluding hydrogens is 384 g/mol. The van der Waals surface area contributed by atoms with Crippen LogP contribution < -0.4 is 0 Å². The highest BCUT2D eigenvalue weighted by Crippen LogP contribution is 2.50. The molecule has 0 heterocycles. The Balaban J connectivity index is 1.37. The van der Waals surface area contributed by atoms with Crippen molar-refractivity contribution in [3.05, 3.63) is 23.3 Å². The molecule has 0 aromatic heterocycles. The third-order valence-corrected chi connectivity index (χ3v) is 6.87. The summed E-state index contributed by atoms with van der Waals surface area (Å²) in [7, 11) is 0. The second-order valence-electron chi connectivity index (χ2n) is 9.21. The molecule has 166 valence electrons. The third kappa shape index (κ3) is 5.89. The Morgan fingerprint density at radius 2 is 1.43 bits per heavy atom. The lowest BCUT2D eigenvalue weighted by atomic mass is 9.96.